The van der Waals surface area contributed by atoms with Crippen molar-refractivity contribution < 1.29 is 14.7 Å². The highest BCUT2D eigenvalue weighted by Crippen LogP contribution is 2.13. The Hall–Kier alpha value is -1.36. The van der Waals surface area contributed by atoms with Crippen molar-refractivity contribution in [1.29, 1.82) is 0 Å². The minimum absolute atomic E-state index is 0.112. The Labute approximate surface area is 115 Å². The molecule has 0 fully saturated rings. The van der Waals surface area contributed by atoms with Crippen LogP contribution in [0.2, 0.25) is 0 Å². The zero-order valence-electron chi connectivity index (χ0n) is 10.3. The van der Waals surface area contributed by atoms with E-state index >= 15 is 0 Å². The first kappa shape index (κ1) is 14.7. The molecule has 0 bridgehead atoms. The average molecular weight is 314 g/mol. The van der Waals surface area contributed by atoms with Crippen LogP contribution in [-0.4, -0.2) is 23.0 Å². The fraction of sp³-hybridized carbons (Fsp3) is 0.385. The van der Waals surface area contributed by atoms with E-state index in [0.717, 1.165) is 4.47 Å². The quantitative estimate of drug-likeness (QED) is 0.878. The second-order valence-electron chi connectivity index (χ2n) is 4.19. The number of nitrogens with one attached hydrogen (secondary N) is 1. The summed E-state index contributed by atoms with van der Waals surface area (Å²) >= 11 is 3.27. The molecule has 0 aliphatic carbocycles. The van der Waals surface area contributed by atoms with Gasteiger partial charge in [-0.15, -0.1) is 0 Å². The number of hydrogen-bond acceptors (Lipinski definition) is 2. The third-order valence-corrected chi connectivity index (χ3v) is 3.35. The van der Waals surface area contributed by atoms with E-state index in [0.29, 0.717) is 12.0 Å². The third-order valence-electron chi connectivity index (χ3n) is 2.85. The van der Waals surface area contributed by atoms with Crippen molar-refractivity contribution in [3.63, 3.8) is 0 Å². The fourth-order valence-corrected chi connectivity index (χ4v) is 1.94. The van der Waals surface area contributed by atoms with Gasteiger partial charge in [0.2, 0.25) is 0 Å². The average Bonchev–Trinajstić information content (AvgIpc) is 2.34. The summed E-state index contributed by atoms with van der Waals surface area (Å²) in [5, 5.41) is 11.7. The predicted octanol–water partition coefficient (Wildman–Crippen LogP) is 2.68. The molecule has 1 aromatic rings. The number of carbonyl (C=O) groups excluding carboxylic acids is 1. The molecule has 98 valence electrons. The number of amides is 1. The van der Waals surface area contributed by atoms with Crippen molar-refractivity contribution in [2.24, 2.45) is 5.92 Å². The van der Waals surface area contributed by atoms with Crippen molar-refractivity contribution in [3.8, 4) is 0 Å². The Morgan fingerprint density at radius 1 is 1.44 bits per heavy atom. The van der Waals surface area contributed by atoms with E-state index < -0.39 is 12.0 Å². The summed E-state index contributed by atoms with van der Waals surface area (Å²) < 4.78 is 0.783. The van der Waals surface area contributed by atoms with Gasteiger partial charge in [-0.05, 0) is 24.1 Å². The first-order valence-corrected chi connectivity index (χ1v) is 6.54. The Morgan fingerprint density at radius 3 is 2.61 bits per heavy atom. The standard InChI is InChI=1S/C13H16BrNO3/c1-3-8(2)11(13(17)18)15-12(16)9-5-4-6-10(14)7-9/h4-8,11H,3H2,1-2H3,(H,15,16)(H,17,18). The monoisotopic (exact) mass is 313 g/mol. The first-order chi connectivity index (χ1) is 8.45. The lowest BCUT2D eigenvalue weighted by molar-refractivity contribution is -0.140. The fourth-order valence-electron chi connectivity index (χ4n) is 1.54. The van der Waals surface area contributed by atoms with E-state index in [9.17, 15) is 9.59 Å². The highest BCUT2D eigenvalue weighted by molar-refractivity contribution is 9.10. The van der Waals surface area contributed by atoms with E-state index in [-0.39, 0.29) is 11.8 Å². The number of benzene rings is 1. The van der Waals surface area contributed by atoms with Gasteiger partial charge in [-0.25, -0.2) is 4.79 Å². The number of aliphatic carboxylic acids is 1. The van der Waals surface area contributed by atoms with Gasteiger partial charge >= 0.3 is 5.97 Å². The molecule has 1 aromatic carbocycles. The number of carboxylic acid groups (broad SMARTS) is 1. The molecule has 0 aromatic heterocycles. The van der Waals surface area contributed by atoms with Crippen LogP contribution in [0.3, 0.4) is 0 Å². The number of rotatable bonds is 5. The summed E-state index contributed by atoms with van der Waals surface area (Å²) in [7, 11) is 0. The maximum Gasteiger partial charge on any atom is 0.326 e. The summed E-state index contributed by atoms with van der Waals surface area (Å²) in [6.07, 6.45) is 0.690. The van der Waals surface area contributed by atoms with Crippen LogP contribution in [-0.2, 0) is 4.79 Å². The van der Waals surface area contributed by atoms with Crippen molar-refractivity contribution in [1.82, 2.24) is 5.32 Å². The van der Waals surface area contributed by atoms with Gasteiger partial charge < -0.3 is 10.4 Å². The minimum atomic E-state index is -1.01. The molecule has 0 spiro atoms. The summed E-state index contributed by atoms with van der Waals surface area (Å²) in [4.78, 5) is 23.0. The van der Waals surface area contributed by atoms with Crippen LogP contribution in [0.25, 0.3) is 0 Å². The van der Waals surface area contributed by atoms with E-state index in [1.807, 2.05) is 6.92 Å². The Kier molecular flexibility index (Phi) is 5.34. The van der Waals surface area contributed by atoms with E-state index in [1.165, 1.54) is 0 Å². The van der Waals surface area contributed by atoms with Crippen molar-refractivity contribution in [2.45, 2.75) is 26.3 Å². The second-order valence-corrected chi connectivity index (χ2v) is 5.10. The van der Waals surface area contributed by atoms with E-state index in [4.69, 9.17) is 5.11 Å². The van der Waals surface area contributed by atoms with E-state index in [1.54, 1.807) is 31.2 Å². The Morgan fingerprint density at radius 2 is 2.11 bits per heavy atom. The molecule has 2 N–H and O–H groups in total. The highest BCUT2D eigenvalue weighted by Gasteiger charge is 2.25. The lowest BCUT2D eigenvalue weighted by Gasteiger charge is -2.20. The highest BCUT2D eigenvalue weighted by atomic mass is 79.9. The van der Waals surface area contributed by atoms with Gasteiger partial charge in [0.15, 0.2) is 0 Å². The molecule has 18 heavy (non-hydrogen) atoms. The molecule has 0 saturated heterocycles. The summed E-state index contributed by atoms with van der Waals surface area (Å²) in [5.41, 5.74) is 0.443. The van der Waals surface area contributed by atoms with Crippen LogP contribution >= 0.6 is 15.9 Å². The second kappa shape index (κ2) is 6.54. The number of carboxylic acids is 1. The van der Waals surface area contributed by atoms with Crippen LogP contribution in [0.5, 0.6) is 0 Å². The molecule has 0 aliphatic rings. The van der Waals surface area contributed by atoms with Crippen molar-refractivity contribution in [2.75, 3.05) is 0 Å². The molecule has 0 aliphatic heterocycles. The normalized spacial score (nSPS) is 13.7. The van der Waals surface area contributed by atoms with Gasteiger partial charge in [0.25, 0.3) is 5.91 Å². The van der Waals surface area contributed by atoms with Crippen LogP contribution in [0, 0.1) is 5.92 Å². The molecule has 1 amide bonds. The number of hydrogen-bond donors (Lipinski definition) is 2. The van der Waals surface area contributed by atoms with Crippen molar-refractivity contribution >= 4 is 27.8 Å². The molecule has 0 radical (unpaired) electrons. The molecule has 0 saturated carbocycles. The maximum atomic E-state index is 11.9. The molecular weight excluding hydrogens is 298 g/mol. The molecule has 1 rings (SSSR count). The van der Waals surface area contributed by atoms with E-state index in [2.05, 4.69) is 21.2 Å². The molecule has 2 unspecified atom stereocenters. The first-order valence-electron chi connectivity index (χ1n) is 5.75. The van der Waals surface area contributed by atoms with Gasteiger partial charge in [0, 0.05) is 10.0 Å². The SMILES string of the molecule is CCC(C)C(NC(=O)c1cccc(Br)c1)C(=O)O. The van der Waals surface area contributed by atoms with Crippen LogP contribution < -0.4 is 5.32 Å². The van der Waals surface area contributed by atoms with Gasteiger partial charge in [0.05, 0.1) is 0 Å². The summed E-state index contributed by atoms with van der Waals surface area (Å²) in [6.45, 7) is 3.70. The molecule has 5 heteroatoms. The lowest BCUT2D eigenvalue weighted by Crippen LogP contribution is -2.45. The third kappa shape index (κ3) is 3.84. The van der Waals surface area contributed by atoms with Gasteiger partial charge in [-0.1, -0.05) is 42.3 Å². The summed E-state index contributed by atoms with van der Waals surface area (Å²) in [5.74, 6) is -1.49. The number of carbonyl (C=O) groups is 2. The smallest absolute Gasteiger partial charge is 0.326 e. The molecular formula is C13H16BrNO3. The topological polar surface area (TPSA) is 66.4 Å². The Bertz CT molecular complexity index is 448. The maximum absolute atomic E-state index is 11.9. The molecule has 2 atom stereocenters. The largest absolute Gasteiger partial charge is 0.480 e. The number of halogens is 1. The van der Waals surface area contributed by atoms with Crippen LogP contribution in [0.4, 0.5) is 0 Å². The lowest BCUT2D eigenvalue weighted by atomic mass is 9.99. The molecule has 0 heterocycles. The van der Waals surface area contributed by atoms with Gasteiger partial charge in [-0.3, -0.25) is 4.79 Å². The Balaban J connectivity index is 2.82. The molecule has 4 nitrogen and oxygen atoms in total. The summed E-state index contributed by atoms with van der Waals surface area (Å²) in [6, 6.07) is 5.99. The minimum Gasteiger partial charge on any atom is -0.480 e. The van der Waals surface area contributed by atoms with Gasteiger partial charge in [0.1, 0.15) is 6.04 Å². The zero-order valence-corrected chi connectivity index (χ0v) is 11.9. The van der Waals surface area contributed by atoms with Gasteiger partial charge in [-0.2, -0.15) is 0 Å². The van der Waals surface area contributed by atoms with Crippen molar-refractivity contribution in [3.05, 3.63) is 34.3 Å². The van der Waals surface area contributed by atoms with Crippen LogP contribution in [0.1, 0.15) is 30.6 Å². The van der Waals surface area contributed by atoms with Crippen LogP contribution in [0.15, 0.2) is 28.7 Å². The zero-order chi connectivity index (χ0) is 13.7. The predicted molar refractivity (Wildman–Crippen MR) is 72.5 cm³/mol.